The van der Waals surface area contributed by atoms with Crippen molar-refractivity contribution < 1.29 is 14.6 Å². The second-order valence-electron chi connectivity index (χ2n) is 2.88. The minimum Gasteiger partial charge on any atom is -0.477 e. The van der Waals surface area contributed by atoms with Gasteiger partial charge in [0.25, 0.3) is 5.19 Å². The summed E-state index contributed by atoms with van der Waals surface area (Å²) < 4.78 is 9.45. The van der Waals surface area contributed by atoms with Gasteiger partial charge in [-0.2, -0.15) is 9.36 Å². The maximum Gasteiger partial charge on any atom is 0.346 e. The van der Waals surface area contributed by atoms with E-state index in [4.69, 9.17) is 9.84 Å². The molecule has 2 aromatic heterocycles. The smallest absolute Gasteiger partial charge is 0.346 e. The van der Waals surface area contributed by atoms with Crippen LogP contribution in [0.1, 0.15) is 22.4 Å². The summed E-state index contributed by atoms with van der Waals surface area (Å²) in [6.07, 6.45) is 0.754. The zero-order chi connectivity index (χ0) is 11.5. The first-order valence-corrected chi connectivity index (χ1v) is 6.16. The van der Waals surface area contributed by atoms with Crippen LogP contribution >= 0.6 is 22.9 Å². The highest BCUT2D eigenvalue weighted by molar-refractivity contribution is 7.12. The lowest BCUT2D eigenvalue weighted by molar-refractivity contribution is 0.0702. The van der Waals surface area contributed by atoms with Crippen LogP contribution in [0.4, 0.5) is 0 Å². The van der Waals surface area contributed by atoms with Crippen LogP contribution < -0.4 is 4.74 Å². The molecule has 0 aliphatic carbocycles. The van der Waals surface area contributed by atoms with Gasteiger partial charge < -0.3 is 9.84 Å². The molecule has 5 nitrogen and oxygen atoms in total. The standard InChI is InChI=1S/C9H8N2O3S2/c1-2-7-10-9(16-11-7)14-5-3-6(8(12)13)15-4-5/h3-4H,2H2,1H3,(H,12,13). The summed E-state index contributed by atoms with van der Waals surface area (Å²) in [5.74, 6) is 0.265. The average molecular weight is 256 g/mol. The van der Waals surface area contributed by atoms with Gasteiger partial charge in [0.05, 0.1) is 0 Å². The van der Waals surface area contributed by atoms with Gasteiger partial charge in [0.1, 0.15) is 16.5 Å². The van der Waals surface area contributed by atoms with E-state index in [1.165, 1.54) is 6.07 Å². The van der Waals surface area contributed by atoms with E-state index >= 15 is 0 Å². The molecule has 0 aromatic carbocycles. The number of carbonyl (C=O) groups is 1. The maximum absolute atomic E-state index is 10.6. The topological polar surface area (TPSA) is 72.3 Å². The molecule has 0 aliphatic heterocycles. The second kappa shape index (κ2) is 4.58. The SMILES string of the molecule is CCc1nsc(Oc2csc(C(=O)O)c2)n1. The lowest BCUT2D eigenvalue weighted by Gasteiger charge is -1.94. The minimum atomic E-state index is -0.952. The number of hydrogen-bond acceptors (Lipinski definition) is 6. The molecule has 0 spiro atoms. The van der Waals surface area contributed by atoms with Crippen molar-refractivity contribution in [3.05, 3.63) is 22.1 Å². The van der Waals surface area contributed by atoms with Gasteiger partial charge in [-0.05, 0) is 0 Å². The molecule has 0 saturated heterocycles. The van der Waals surface area contributed by atoms with E-state index in [1.807, 2.05) is 6.92 Å². The van der Waals surface area contributed by atoms with Crippen LogP contribution in [0.5, 0.6) is 10.9 Å². The summed E-state index contributed by atoms with van der Waals surface area (Å²) in [6.45, 7) is 1.96. The van der Waals surface area contributed by atoms with Crippen molar-refractivity contribution in [2.75, 3.05) is 0 Å². The molecular formula is C9H8N2O3S2. The molecule has 0 bridgehead atoms. The van der Waals surface area contributed by atoms with E-state index in [-0.39, 0.29) is 4.88 Å². The van der Waals surface area contributed by atoms with E-state index in [9.17, 15) is 4.79 Å². The normalized spacial score (nSPS) is 10.3. The van der Waals surface area contributed by atoms with Crippen molar-refractivity contribution in [3.8, 4) is 10.9 Å². The first-order valence-electron chi connectivity index (χ1n) is 4.51. The molecule has 0 fully saturated rings. The number of carboxylic acid groups (broad SMARTS) is 1. The Morgan fingerprint density at radius 1 is 1.62 bits per heavy atom. The number of nitrogens with zero attached hydrogens (tertiary/aromatic N) is 2. The highest BCUT2D eigenvalue weighted by Gasteiger charge is 2.10. The van der Waals surface area contributed by atoms with Crippen molar-refractivity contribution in [1.29, 1.82) is 0 Å². The molecule has 0 saturated carbocycles. The molecule has 2 heterocycles. The fourth-order valence-corrected chi connectivity index (χ4v) is 2.29. The third-order valence-corrected chi connectivity index (χ3v) is 3.29. The van der Waals surface area contributed by atoms with Crippen molar-refractivity contribution in [1.82, 2.24) is 9.36 Å². The number of rotatable bonds is 4. The van der Waals surface area contributed by atoms with Gasteiger partial charge in [0.15, 0.2) is 0 Å². The summed E-state index contributed by atoms with van der Waals surface area (Å²) >= 11 is 2.28. The zero-order valence-electron chi connectivity index (χ0n) is 8.34. The Morgan fingerprint density at radius 3 is 3.00 bits per heavy atom. The Balaban J connectivity index is 2.11. The van der Waals surface area contributed by atoms with Crippen LogP contribution in [0.15, 0.2) is 11.4 Å². The Bertz CT molecular complexity index is 506. The Hall–Kier alpha value is -1.47. The van der Waals surface area contributed by atoms with Crippen LogP contribution in [0.25, 0.3) is 0 Å². The van der Waals surface area contributed by atoms with Crippen LogP contribution in [0, 0.1) is 0 Å². The predicted molar refractivity (Wildman–Crippen MR) is 60.6 cm³/mol. The highest BCUT2D eigenvalue weighted by atomic mass is 32.1. The number of aromatic carboxylic acids is 1. The summed E-state index contributed by atoms with van der Waals surface area (Å²) in [5.41, 5.74) is 0. The number of hydrogen-bond donors (Lipinski definition) is 1. The quantitative estimate of drug-likeness (QED) is 0.910. The molecule has 7 heteroatoms. The fraction of sp³-hybridized carbons (Fsp3) is 0.222. The second-order valence-corrected chi connectivity index (χ2v) is 4.51. The molecule has 0 radical (unpaired) electrons. The van der Waals surface area contributed by atoms with Gasteiger partial charge in [-0.3, -0.25) is 0 Å². The highest BCUT2D eigenvalue weighted by Crippen LogP contribution is 2.27. The molecule has 84 valence electrons. The number of thiophene rings is 1. The Morgan fingerprint density at radius 2 is 2.44 bits per heavy atom. The lowest BCUT2D eigenvalue weighted by Crippen LogP contribution is -1.90. The first kappa shape index (κ1) is 11.0. The van der Waals surface area contributed by atoms with Crippen molar-refractivity contribution in [2.45, 2.75) is 13.3 Å². The van der Waals surface area contributed by atoms with Gasteiger partial charge in [-0.1, -0.05) is 6.92 Å². The van der Waals surface area contributed by atoms with Crippen molar-refractivity contribution in [2.24, 2.45) is 0 Å². The first-order chi connectivity index (χ1) is 7.69. The van der Waals surface area contributed by atoms with Gasteiger partial charge in [0, 0.05) is 29.4 Å². The number of carboxylic acids is 1. The molecule has 0 aliphatic rings. The van der Waals surface area contributed by atoms with E-state index in [0.29, 0.717) is 10.9 Å². The van der Waals surface area contributed by atoms with E-state index in [1.54, 1.807) is 5.38 Å². The number of aromatic nitrogens is 2. The lowest BCUT2D eigenvalue weighted by atomic mass is 10.4. The van der Waals surface area contributed by atoms with Crippen molar-refractivity contribution in [3.63, 3.8) is 0 Å². The molecule has 0 unspecified atom stereocenters. The maximum atomic E-state index is 10.6. The molecule has 0 amide bonds. The molecule has 2 rings (SSSR count). The van der Waals surface area contributed by atoms with Crippen LogP contribution in [-0.4, -0.2) is 20.4 Å². The van der Waals surface area contributed by atoms with E-state index in [2.05, 4.69) is 9.36 Å². The molecule has 1 N–H and O–H groups in total. The summed E-state index contributed by atoms with van der Waals surface area (Å²) in [6, 6.07) is 1.47. The van der Waals surface area contributed by atoms with E-state index in [0.717, 1.165) is 35.1 Å². The molecule has 2 aromatic rings. The van der Waals surface area contributed by atoms with Crippen LogP contribution in [0.2, 0.25) is 0 Å². The monoisotopic (exact) mass is 256 g/mol. The molecule has 0 atom stereocenters. The summed E-state index contributed by atoms with van der Waals surface area (Å²) in [5, 5.41) is 10.8. The Labute approximate surface area is 99.5 Å². The van der Waals surface area contributed by atoms with Gasteiger partial charge >= 0.3 is 5.97 Å². The van der Waals surface area contributed by atoms with Gasteiger partial charge in [-0.15, -0.1) is 11.3 Å². The van der Waals surface area contributed by atoms with E-state index < -0.39 is 5.97 Å². The Kier molecular flexibility index (Phi) is 3.16. The number of ether oxygens (including phenoxy) is 1. The predicted octanol–water partition coefficient (Wildman–Crippen LogP) is 2.65. The largest absolute Gasteiger partial charge is 0.477 e. The fourth-order valence-electron chi connectivity index (χ4n) is 1.01. The zero-order valence-corrected chi connectivity index (χ0v) is 9.97. The van der Waals surface area contributed by atoms with Crippen LogP contribution in [0.3, 0.4) is 0 Å². The molecular weight excluding hydrogens is 248 g/mol. The number of aryl methyl sites for hydroxylation is 1. The van der Waals surface area contributed by atoms with Gasteiger partial charge in [0.2, 0.25) is 0 Å². The van der Waals surface area contributed by atoms with Crippen LogP contribution in [-0.2, 0) is 6.42 Å². The van der Waals surface area contributed by atoms with Gasteiger partial charge in [-0.25, -0.2) is 4.79 Å². The summed E-state index contributed by atoms with van der Waals surface area (Å²) in [7, 11) is 0. The third kappa shape index (κ3) is 2.37. The van der Waals surface area contributed by atoms with Crippen molar-refractivity contribution >= 4 is 28.8 Å². The minimum absolute atomic E-state index is 0.246. The summed E-state index contributed by atoms with van der Waals surface area (Å²) in [4.78, 5) is 15.0. The third-order valence-electron chi connectivity index (χ3n) is 1.76. The molecule has 16 heavy (non-hydrogen) atoms. The average Bonchev–Trinajstić information content (AvgIpc) is 2.87.